The highest BCUT2D eigenvalue weighted by Crippen LogP contribution is 2.22. The van der Waals surface area contributed by atoms with E-state index in [2.05, 4.69) is 69.1 Å². The quantitative estimate of drug-likeness (QED) is 0.250. The number of anilines is 1. The van der Waals surface area contributed by atoms with Gasteiger partial charge in [0, 0.05) is 37.3 Å². The predicted octanol–water partition coefficient (Wildman–Crippen LogP) is 3.39. The Morgan fingerprint density at radius 1 is 1.22 bits per heavy atom. The second kappa shape index (κ2) is 13.3. The van der Waals surface area contributed by atoms with Crippen molar-refractivity contribution in [2.24, 2.45) is 4.99 Å². The molecule has 2 heterocycles. The number of nitrogens with zero attached hydrogens (tertiary/aromatic N) is 3. The summed E-state index contributed by atoms with van der Waals surface area (Å²) >= 11 is 0. The van der Waals surface area contributed by atoms with Crippen LogP contribution in [0.3, 0.4) is 0 Å². The molecule has 1 amide bonds. The number of carbonyl (C=O) groups excluding carboxylic acids is 1. The van der Waals surface area contributed by atoms with Gasteiger partial charge in [0.25, 0.3) is 0 Å². The minimum Gasteiger partial charge on any atom is -0.360 e. The summed E-state index contributed by atoms with van der Waals surface area (Å²) in [6.07, 6.45) is 2.12. The van der Waals surface area contributed by atoms with Gasteiger partial charge in [0.05, 0.1) is 25.3 Å². The molecule has 0 spiro atoms. The lowest BCUT2D eigenvalue weighted by atomic mass is 9.99. The van der Waals surface area contributed by atoms with E-state index < -0.39 is 0 Å². The molecule has 1 saturated heterocycles. The Hall–Kier alpha value is -2.30. The summed E-state index contributed by atoms with van der Waals surface area (Å²) in [5.74, 6) is 2.06. The molecule has 1 aliphatic heterocycles. The Labute approximate surface area is 207 Å². The number of halogens is 1. The van der Waals surface area contributed by atoms with E-state index >= 15 is 0 Å². The molecule has 1 fully saturated rings. The summed E-state index contributed by atoms with van der Waals surface area (Å²) in [5, 5.41) is 13.7. The van der Waals surface area contributed by atoms with Crippen molar-refractivity contribution in [2.75, 3.05) is 31.1 Å². The highest BCUT2D eigenvalue weighted by Gasteiger charge is 2.16. The molecule has 9 heteroatoms. The first kappa shape index (κ1) is 26.0. The van der Waals surface area contributed by atoms with Crippen molar-refractivity contribution in [3.8, 4) is 0 Å². The van der Waals surface area contributed by atoms with E-state index in [0.29, 0.717) is 32.1 Å². The maximum Gasteiger partial charge on any atom is 0.239 e. The first-order valence-electron chi connectivity index (χ1n) is 11.2. The molecule has 0 aliphatic carbocycles. The third kappa shape index (κ3) is 7.39. The number of hydrogen-bond donors (Lipinski definition) is 3. The number of amides is 1. The van der Waals surface area contributed by atoms with Gasteiger partial charge in [-0.1, -0.05) is 31.1 Å². The fourth-order valence-corrected chi connectivity index (χ4v) is 3.67. The van der Waals surface area contributed by atoms with E-state index in [9.17, 15) is 4.79 Å². The van der Waals surface area contributed by atoms with Crippen molar-refractivity contribution in [1.82, 2.24) is 21.1 Å². The van der Waals surface area contributed by atoms with E-state index in [4.69, 9.17) is 4.52 Å². The number of aliphatic imine (C=N–C) groups is 1. The fraction of sp³-hybridized carbons (Fsp3) is 0.522. The summed E-state index contributed by atoms with van der Waals surface area (Å²) in [6.45, 7) is 10.2. The van der Waals surface area contributed by atoms with Crippen LogP contribution in [0.15, 0.2) is 39.8 Å². The zero-order valence-corrected chi connectivity index (χ0v) is 21.5. The molecule has 1 aliphatic rings. The van der Waals surface area contributed by atoms with Gasteiger partial charge in [-0.05, 0) is 37.5 Å². The Morgan fingerprint density at radius 3 is 2.62 bits per heavy atom. The van der Waals surface area contributed by atoms with Crippen LogP contribution in [0.4, 0.5) is 5.69 Å². The number of piperazine rings is 1. The summed E-state index contributed by atoms with van der Waals surface area (Å²) in [5.41, 5.74) is 3.19. The Bertz CT molecular complexity index is 864. The number of hydrogen-bond acceptors (Lipinski definition) is 5. The monoisotopic (exact) mass is 554 g/mol. The van der Waals surface area contributed by atoms with Crippen LogP contribution in [0, 0.1) is 0 Å². The average molecular weight is 554 g/mol. The molecular formula is C23H35IN6O2. The summed E-state index contributed by atoms with van der Waals surface area (Å²) < 4.78 is 5.49. The van der Waals surface area contributed by atoms with Gasteiger partial charge < -0.3 is 25.4 Å². The highest BCUT2D eigenvalue weighted by molar-refractivity contribution is 14.0. The minimum atomic E-state index is 0. The van der Waals surface area contributed by atoms with E-state index in [0.717, 1.165) is 54.6 Å². The Kier molecular flexibility index (Phi) is 10.8. The van der Waals surface area contributed by atoms with E-state index in [1.165, 1.54) is 0 Å². The van der Waals surface area contributed by atoms with Crippen LogP contribution in [0.5, 0.6) is 0 Å². The van der Waals surface area contributed by atoms with Gasteiger partial charge in [0.1, 0.15) is 0 Å². The zero-order chi connectivity index (χ0) is 22.1. The number of guanidine groups is 1. The second-order valence-electron chi connectivity index (χ2n) is 7.72. The van der Waals surface area contributed by atoms with Crippen molar-refractivity contribution in [3.63, 3.8) is 0 Å². The molecule has 2 aromatic rings. The fourth-order valence-electron chi connectivity index (χ4n) is 3.67. The van der Waals surface area contributed by atoms with Gasteiger partial charge in [-0.15, -0.1) is 24.0 Å². The van der Waals surface area contributed by atoms with Crippen molar-refractivity contribution < 1.29 is 9.32 Å². The molecule has 0 bridgehead atoms. The molecule has 1 aromatic carbocycles. The minimum absolute atomic E-state index is 0. The SMILES string of the molecule is CCNC(=NCc1ccc(N2CCNC(=O)C2)cc1)NCc1cc(C(CC)CC)no1.I. The summed E-state index contributed by atoms with van der Waals surface area (Å²) in [4.78, 5) is 18.4. The molecule has 0 saturated carbocycles. The van der Waals surface area contributed by atoms with Gasteiger partial charge in [-0.2, -0.15) is 0 Å². The Balaban J connectivity index is 0.00000363. The number of nitrogens with one attached hydrogen (secondary N) is 3. The first-order valence-corrected chi connectivity index (χ1v) is 11.2. The lowest BCUT2D eigenvalue weighted by molar-refractivity contribution is -0.120. The molecular weight excluding hydrogens is 519 g/mol. The van der Waals surface area contributed by atoms with Crippen LogP contribution in [0.25, 0.3) is 0 Å². The number of rotatable bonds is 9. The molecule has 0 unspecified atom stereocenters. The van der Waals surface area contributed by atoms with Gasteiger partial charge in [0.2, 0.25) is 5.91 Å². The van der Waals surface area contributed by atoms with Crippen LogP contribution in [-0.4, -0.2) is 43.2 Å². The van der Waals surface area contributed by atoms with E-state index in [-0.39, 0.29) is 29.9 Å². The smallest absolute Gasteiger partial charge is 0.239 e. The summed E-state index contributed by atoms with van der Waals surface area (Å²) in [6, 6.07) is 10.3. The number of aromatic nitrogens is 1. The molecule has 1 aromatic heterocycles. The van der Waals surface area contributed by atoms with Gasteiger partial charge >= 0.3 is 0 Å². The summed E-state index contributed by atoms with van der Waals surface area (Å²) in [7, 11) is 0. The van der Waals surface area contributed by atoms with Gasteiger partial charge in [0.15, 0.2) is 11.7 Å². The molecule has 3 rings (SSSR count). The average Bonchev–Trinajstić information content (AvgIpc) is 3.26. The van der Waals surface area contributed by atoms with Crippen LogP contribution in [0.1, 0.15) is 56.5 Å². The van der Waals surface area contributed by atoms with Crippen molar-refractivity contribution >= 4 is 41.5 Å². The highest BCUT2D eigenvalue weighted by atomic mass is 127. The predicted molar refractivity (Wildman–Crippen MR) is 139 cm³/mol. The maximum absolute atomic E-state index is 11.6. The van der Waals surface area contributed by atoms with Gasteiger partial charge in [-0.25, -0.2) is 4.99 Å². The molecule has 176 valence electrons. The topological polar surface area (TPSA) is 94.8 Å². The molecule has 8 nitrogen and oxygen atoms in total. The standard InChI is InChI=1S/C23H34N6O2.HI/c1-4-18(5-2)21-13-20(31-28-21)15-27-23(24-6-3)26-14-17-7-9-19(10-8-17)29-12-11-25-22(30)16-29;/h7-10,13,18H,4-6,11-12,14-16H2,1-3H3,(H,25,30)(H2,24,26,27);1H. The Morgan fingerprint density at radius 2 is 1.97 bits per heavy atom. The third-order valence-electron chi connectivity index (χ3n) is 5.51. The largest absolute Gasteiger partial charge is 0.360 e. The van der Waals surface area contributed by atoms with Crippen LogP contribution in [-0.2, 0) is 17.9 Å². The van der Waals surface area contributed by atoms with Gasteiger partial charge in [-0.3, -0.25) is 4.79 Å². The maximum atomic E-state index is 11.6. The zero-order valence-electron chi connectivity index (χ0n) is 19.2. The number of carbonyl (C=O) groups is 1. The molecule has 32 heavy (non-hydrogen) atoms. The van der Waals surface area contributed by atoms with Crippen LogP contribution >= 0.6 is 24.0 Å². The van der Waals surface area contributed by atoms with Crippen LogP contribution in [0.2, 0.25) is 0 Å². The second-order valence-corrected chi connectivity index (χ2v) is 7.72. The molecule has 0 radical (unpaired) electrons. The van der Waals surface area contributed by atoms with Crippen molar-refractivity contribution in [1.29, 1.82) is 0 Å². The van der Waals surface area contributed by atoms with Crippen molar-refractivity contribution in [2.45, 2.75) is 52.6 Å². The molecule has 0 atom stereocenters. The van der Waals surface area contributed by atoms with E-state index in [1.807, 2.05) is 13.0 Å². The van der Waals surface area contributed by atoms with Crippen LogP contribution < -0.4 is 20.9 Å². The lowest BCUT2D eigenvalue weighted by Gasteiger charge is -2.28. The molecule has 3 N–H and O–H groups in total. The lowest BCUT2D eigenvalue weighted by Crippen LogP contribution is -2.47. The van der Waals surface area contributed by atoms with Crippen molar-refractivity contribution in [3.05, 3.63) is 47.3 Å². The third-order valence-corrected chi connectivity index (χ3v) is 5.51. The normalized spacial score (nSPS) is 14.2. The number of benzene rings is 1. The first-order chi connectivity index (χ1) is 15.1. The van der Waals surface area contributed by atoms with E-state index in [1.54, 1.807) is 0 Å².